The number of para-hydroxylation sites is 2. The molecule has 2 aromatic heterocycles. The highest BCUT2D eigenvalue weighted by Crippen LogP contribution is 2.14. The normalized spacial score (nSPS) is 11.0. The highest BCUT2D eigenvalue weighted by molar-refractivity contribution is 5.75. The average molecular weight is 391 g/mol. The molecule has 0 fully saturated rings. The number of nitrogens with zero attached hydrogens (tertiary/aromatic N) is 3. The summed E-state index contributed by atoms with van der Waals surface area (Å²) in [6.07, 6.45) is 0. The van der Waals surface area contributed by atoms with E-state index < -0.39 is 0 Å². The van der Waals surface area contributed by atoms with Crippen LogP contribution in [0.4, 0.5) is 5.95 Å². The van der Waals surface area contributed by atoms with Crippen LogP contribution < -0.4 is 21.3 Å². The maximum atomic E-state index is 12.6. The molecule has 0 atom stereocenters. The van der Waals surface area contributed by atoms with Gasteiger partial charge in [0.2, 0.25) is 5.95 Å². The Morgan fingerprint density at radius 1 is 1.07 bits per heavy atom. The van der Waals surface area contributed by atoms with E-state index in [9.17, 15) is 9.59 Å². The first-order chi connectivity index (χ1) is 14.0. The van der Waals surface area contributed by atoms with Gasteiger partial charge in [-0.15, -0.1) is 0 Å². The molecule has 0 unspecified atom stereocenters. The summed E-state index contributed by atoms with van der Waals surface area (Å²) >= 11 is 0. The number of methoxy groups -OCH3 is 1. The number of hydrogen-bond acceptors (Lipinski definition) is 5. The Bertz CT molecular complexity index is 1270. The molecule has 29 heavy (non-hydrogen) atoms. The van der Waals surface area contributed by atoms with Gasteiger partial charge < -0.3 is 10.1 Å². The van der Waals surface area contributed by atoms with Crippen molar-refractivity contribution in [1.29, 1.82) is 0 Å². The molecule has 0 radical (unpaired) electrons. The lowest BCUT2D eigenvalue weighted by Gasteiger charge is -2.08. The molecular formula is C21H21N5O3. The Morgan fingerprint density at radius 2 is 1.79 bits per heavy atom. The van der Waals surface area contributed by atoms with Gasteiger partial charge >= 0.3 is 5.69 Å². The van der Waals surface area contributed by atoms with Crippen LogP contribution in [-0.4, -0.2) is 26.2 Å². The van der Waals surface area contributed by atoms with Crippen molar-refractivity contribution in [3.8, 4) is 5.75 Å². The molecule has 0 bridgehead atoms. The van der Waals surface area contributed by atoms with Gasteiger partial charge in [0.1, 0.15) is 5.75 Å². The van der Waals surface area contributed by atoms with E-state index in [1.807, 2.05) is 48.5 Å². The molecular weight excluding hydrogens is 370 g/mol. The molecule has 0 saturated carbocycles. The predicted molar refractivity (Wildman–Crippen MR) is 111 cm³/mol. The Kier molecular flexibility index (Phi) is 4.90. The summed E-state index contributed by atoms with van der Waals surface area (Å²) in [6.45, 7) is 0.700. The largest absolute Gasteiger partial charge is 0.497 e. The molecule has 2 N–H and O–H groups in total. The van der Waals surface area contributed by atoms with Crippen LogP contribution in [0.2, 0.25) is 0 Å². The van der Waals surface area contributed by atoms with Crippen molar-refractivity contribution in [3.63, 3.8) is 0 Å². The topological polar surface area (TPSA) is 93.9 Å². The molecule has 0 aliphatic rings. The number of aromatic amines is 1. The number of H-pyrrole nitrogens is 1. The maximum absolute atomic E-state index is 12.6. The molecule has 0 aliphatic carbocycles. The van der Waals surface area contributed by atoms with Gasteiger partial charge in [0.05, 0.1) is 30.4 Å². The van der Waals surface area contributed by atoms with Gasteiger partial charge in [-0.25, -0.2) is 9.78 Å². The fourth-order valence-electron chi connectivity index (χ4n) is 3.28. The van der Waals surface area contributed by atoms with E-state index in [2.05, 4.69) is 15.3 Å². The first-order valence-corrected chi connectivity index (χ1v) is 9.16. The molecule has 0 aliphatic heterocycles. The Hall–Kier alpha value is -3.81. The number of imidazole rings is 1. The minimum atomic E-state index is -0.277. The second-order valence-corrected chi connectivity index (χ2v) is 6.70. The zero-order valence-electron chi connectivity index (χ0n) is 16.2. The van der Waals surface area contributed by atoms with E-state index in [1.165, 1.54) is 6.07 Å². The van der Waals surface area contributed by atoms with Crippen molar-refractivity contribution >= 4 is 17.0 Å². The highest BCUT2D eigenvalue weighted by Gasteiger charge is 2.12. The quantitative estimate of drug-likeness (QED) is 0.525. The first-order valence-electron chi connectivity index (χ1n) is 9.16. The van der Waals surface area contributed by atoms with E-state index in [-0.39, 0.29) is 17.8 Å². The van der Waals surface area contributed by atoms with Gasteiger partial charge in [0.15, 0.2) is 0 Å². The van der Waals surface area contributed by atoms with Gasteiger partial charge in [-0.3, -0.25) is 18.9 Å². The molecule has 2 aromatic carbocycles. The van der Waals surface area contributed by atoms with Crippen LogP contribution in [0.15, 0.2) is 64.2 Å². The van der Waals surface area contributed by atoms with Crippen molar-refractivity contribution in [2.75, 3.05) is 12.4 Å². The molecule has 4 aromatic rings. The minimum absolute atomic E-state index is 0.152. The molecule has 8 heteroatoms. The third-order valence-corrected chi connectivity index (χ3v) is 4.79. The van der Waals surface area contributed by atoms with Crippen LogP contribution in [0.1, 0.15) is 11.3 Å². The summed E-state index contributed by atoms with van der Waals surface area (Å²) in [6, 6.07) is 16.6. The van der Waals surface area contributed by atoms with Gasteiger partial charge in [0.25, 0.3) is 5.56 Å². The number of anilines is 1. The molecule has 0 spiro atoms. The zero-order valence-corrected chi connectivity index (χ0v) is 16.2. The molecule has 8 nitrogen and oxygen atoms in total. The number of benzene rings is 2. The number of nitrogens with one attached hydrogen (secondary N) is 2. The number of rotatable bonds is 6. The third-order valence-electron chi connectivity index (χ3n) is 4.79. The van der Waals surface area contributed by atoms with Crippen molar-refractivity contribution in [1.82, 2.24) is 19.1 Å². The molecule has 148 valence electrons. The van der Waals surface area contributed by atoms with Crippen molar-refractivity contribution in [2.24, 2.45) is 7.05 Å². The van der Waals surface area contributed by atoms with Crippen LogP contribution >= 0.6 is 0 Å². The summed E-state index contributed by atoms with van der Waals surface area (Å²) in [5.74, 6) is 1.14. The van der Waals surface area contributed by atoms with Crippen LogP contribution in [0.5, 0.6) is 5.75 Å². The highest BCUT2D eigenvalue weighted by atomic mass is 16.5. The number of fused-ring (bicyclic) bond motifs is 1. The second kappa shape index (κ2) is 7.67. The van der Waals surface area contributed by atoms with Crippen molar-refractivity contribution in [2.45, 2.75) is 13.1 Å². The van der Waals surface area contributed by atoms with Gasteiger partial charge in [0, 0.05) is 19.7 Å². The standard InChI is InChI=1S/C21H21N5O3/c1-25-17-5-3-4-6-18(17)26(21(25)28)13-15-11-19(27)24-20(23-15)22-12-14-7-9-16(29-2)10-8-14/h3-11H,12-13H2,1-2H3,(H2,22,23,24,27). The van der Waals surface area contributed by atoms with Crippen LogP contribution in [0.25, 0.3) is 11.0 Å². The molecule has 0 saturated heterocycles. The minimum Gasteiger partial charge on any atom is -0.497 e. The Labute approximate surface area is 166 Å². The Balaban J connectivity index is 1.58. The van der Waals surface area contributed by atoms with Crippen LogP contribution in [0, 0.1) is 0 Å². The monoisotopic (exact) mass is 391 g/mol. The lowest BCUT2D eigenvalue weighted by Crippen LogP contribution is -2.24. The van der Waals surface area contributed by atoms with E-state index >= 15 is 0 Å². The summed E-state index contributed by atoms with van der Waals surface area (Å²) < 4.78 is 8.36. The maximum Gasteiger partial charge on any atom is 0.329 e. The summed E-state index contributed by atoms with van der Waals surface area (Å²) in [5.41, 5.74) is 2.73. The summed E-state index contributed by atoms with van der Waals surface area (Å²) in [4.78, 5) is 31.9. The smallest absolute Gasteiger partial charge is 0.329 e. The summed E-state index contributed by atoms with van der Waals surface area (Å²) in [5, 5.41) is 3.12. The van der Waals surface area contributed by atoms with E-state index in [0.29, 0.717) is 18.2 Å². The SMILES string of the molecule is COc1ccc(CNc2nc(Cn3c(=O)n(C)c4ccccc43)cc(=O)[nH]2)cc1. The van der Waals surface area contributed by atoms with Gasteiger partial charge in [-0.2, -0.15) is 0 Å². The number of aryl methyl sites for hydroxylation is 1. The third kappa shape index (κ3) is 3.77. The second-order valence-electron chi connectivity index (χ2n) is 6.70. The fourth-order valence-corrected chi connectivity index (χ4v) is 3.28. The molecule has 2 heterocycles. The molecule has 0 amide bonds. The number of hydrogen-bond donors (Lipinski definition) is 2. The van der Waals surface area contributed by atoms with E-state index in [1.54, 1.807) is 23.3 Å². The van der Waals surface area contributed by atoms with Crippen LogP contribution in [0.3, 0.4) is 0 Å². The average Bonchev–Trinajstić information content (AvgIpc) is 2.97. The van der Waals surface area contributed by atoms with E-state index in [0.717, 1.165) is 22.3 Å². The van der Waals surface area contributed by atoms with Crippen molar-refractivity contribution in [3.05, 3.63) is 86.7 Å². The number of aromatic nitrogens is 4. The number of ether oxygens (including phenoxy) is 1. The fraction of sp³-hybridized carbons (Fsp3) is 0.190. The lowest BCUT2D eigenvalue weighted by atomic mass is 10.2. The zero-order chi connectivity index (χ0) is 20.4. The lowest BCUT2D eigenvalue weighted by molar-refractivity contribution is 0.414. The summed E-state index contributed by atoms with van der Waals surface area (Å²) in [7, 11) is 3.35. The van der Waals surface area contributed by atoms with Gasteiger partial charge in [-0.05, 0) is 29.8 Å². The van der Waals surface area contributed by atoms with Crippen LogP contribution in [-0.2, 0) is 20.1 Å². The molecule has 4 rings (SSSR count). The first kappa shape index (κ1) is 18.5. The van der Waals surface area contributed by atoms with E-state index in [4.69, 9.17) is 4.74 Å². The Morgan fingerprint density at radius 3 is 2.52 bits per heavy atom. The predicted octanol–water partition coefficient (Wildman–Crippen LogP) is 2.09. The van der Waals surface area contributed by atoms with Crippen molar-refractivity contribution < 1.29 is 4.74 Å². The van der Waals surface area contributed by atoms with Gasteiger partial charge in [-0.1, -0.05) is 24.3 Å².